The summed E-state index contributed by atoms with van der Waals surface area (Å²) in [6.45, 7) is 4.38. The van der Waals surface area contributed by atoms with Gasteiger partial charge in [-0.25, -0.2) is 0 Å². The Morgan fingerprint density at radius 1 is 0.889 bits per heavy atom. The summed E-state index contributed by atoms with van der Waals surface area (Å²) in [6, 6.07) is 25.0. The van der Waals surface area contributed by atoms with Gasteiger partial charge in [-0.3, -0.25) is 0 Å². The molecule has 1 aliphatic carbocycles. The monoisotopic (exact) mass is 431 g/mol. The van der Waals surface area contributed by atoms with E-state index in [1.54, 1.807) is 24.3 Å². The molecule has 1 atom stereocenters. The van der Waals surface area contributed by atoms with Crippen LogP contribution in [0.15, 0.2) is 90.0 Å². The van der Waals surface area contributed by atoms with Gasteiger partial charge >= 0.3 is 35.6 Å². The van der Waals surface area contributed by atoms with E-state index in [-0.39, 0.29) is 0 Å². The molecule has 0 bridgehead atoms. The fourth-order valence-corrected chi connectivity index (χ4v) is 2.84. The van der Waals surface area contributed by atoms with Crippen LogP contribution in [-0.2, 0) is 17.0 Å². The Kier molecular flexibility index (Phi) is 9.17. The average Bonchev–Trinajstić information content (AvgIpc) is 3.02. The van der Waals surface area contributed by atoms with Crippen molar-refractivity contribution in [1.82, 2.24) is 0 Å². The molecule has 0 saturated carbocycles. The molecule has 1 unspecified atom stereocenters. The molecule has 1 N–H and O–H groups in total. The summed E-state index contributed by atoms with van der Waals surface area (Å²) >= 11 is -0.556. The Bertz CT molecular complexity index is 920. The number of hydrogen-bond donors (Lipinski definition) is 1. The summed E-state index contributed by atoms with van der Waals surface area (Å²) in [5.41, 5.74) is 4.10. The van der Waals surface area contributed by atoms with Gasteiger partial charge in [-0.15, -0.1) is 46.7 Å². The van der Waals surface area contributed by atoms with Crippen LogP contribution in [0.1, 0.15) is 25.3 Å². The molecular formula is C23H21Cl2OTi-. The zero-order valence-electron chi connectivity index (χ0n) is 15.3. The zero-order valence-corrected chi connectivity index (χ0v) is 18.4. The fraction of sp³-hybridized carbons (Fsp3) is 0.130. The number of para-hydroxylation sites is 1. The predicted molar refractivity (Wildman–Crippen MR) is 113 cm³/mol. The van der Waals surface area contributed by atoms with Crippen molar-refractivity contribution in [3.8, 4) is 5.75 Å². The number of allylic oxidation sites excluding steroid dienone is 4. The maximum absolute atomic E-state index is 8.63. The Morgan fingerprint density at radius 3 is 2.07 bits per heavy atom. The van der Waals surface area contributed by atoms with Crippen molar-refractivity contribution in [3.05, 3.63) is 102 Å². The van der Waals surface area contributed by atoms with Crippen LogP contribution in [-0.4, -0.2) is 5.11 Å². The molecule has 0 heterocycles. The first-order valence-electron chi connectivity index (χ1n) is 8.53. The van der Waals surface area contributed by atoms with E-state index in [0.29, 0.717) is 11.7 Å². The van der Waals surface area contributed by atoms with Gasteiger partial charge in [0, 0.05) is 5.92 Å². The van der Waals surface area contributed by atoms with E-state index in [1.165, 1.54) is 27.5 Å². The molecule has 0 spiro atoms. The molecule has 0 radical (unpaired) electrons. The summed E-state index contributed by atoms with van der Waals surface area (Å²) in [5, 5.41) is 11.1. The molecule has 0 fully saturated rings. The summed E-state index contributed by atoms with van der Waals surface area (Å²) in [5.74, 6) is 0.738. The van der Waals surface area contributed by atoms with Crippen LogP contribution in [0.2, 0.25) is 0 Å². The van der Waals surface area contributed by atoms with Gasteiger partial charge in [0.05, 0.1) is 0 Å². The molecule has 4 rings (SSSR count). The number of fused-ring (bicyclic) bond motifs is 1. The van der Waals surface area contributed by atoms with Gasteiger partial charge in [-0.2, -0.15) is 0 Å². The van der Waals surface area contributed by atoms with Crippen molar-refractivity contribution in [2.45, 2.75) is 19.8 Å². The number of phenolic OH excluding ortho intramolecular Hbond substituents is 1. The Hall–Kier alpha value is -1.51. The zero-order chi connectivity index (χ0) is 19.6. The first-order valence-corrected chi connectivity index (χ1v) is 12.8. The average molecular weight is 432 g/mol. The topological polar surface area (TPSA) is 20.2 Å². The van der Waals surface area contributed by atoms with Gasteiger partial charge in [0.25, 0.3) is 0 Å². The summed E-state index contributed by atoms with van der Waals surface area (Å²) in [6.07, 6.45) is 4.48. The Labute approximate surface area is 178 Å². The second kappa shape index (κ2) is 11.4. The Morgan fingerprint density at radius 2 is 1.52 bits per heavy atom. The normalized spacial score (nSPS) is 14.9. The third-order valence-corrected chi connectivity index (χ3v) is 4.40. The third kappa shape index (κ3) is 6.55. The van der Waals surface area contributed by atoms with E-state index in [2.05, 4.69) is 68.5 Å². The molecule has 1 nitrogen and oxygen atoms in total. The molecular weight excluding hydrogens is 411 g/mol. The van der Waals surface area contributed by atoms with E-state index in [1.807, 2.05) is 6.07 Å². The van der Waals surface area contributed by atoms with Gasteiger partial charge in [0.15, 0.2) is 0 Å². The van der Waals surface area contributed by atoms with Gasteiger partial charge in [0.1, 0.15) is 5.75 Å². The van der Waals surface area contributed by atoms with Crippen LogP contribution in [0.5, 0.6) is 5.75 Å². The van der Waals surface area contributed by atoms with Crippen molar-refractivity contribution in [1.29, 1.82) is 0 Å². The number of aromatic hydroxyl groups is 1. The van der Waals surface area contributed by atoms with Gasteiger partial charge in [-0.05, 0) is 26.0 Å². The summed E-state index contributed by atoms with van der Waals surface area (Å²) in [7, 11) is 9.78. The molecule has 0 aliphatic heterocycles. The van der Waals surface area contributed by atoms with E-state index in [0.717, 1.165) is 0 Å². The van der Waals surface area contributed by atoms with E-state index < -0.39 is 17.0 Å². The quantitative estimate of drug-likeness (QED) is 0.314. The Balaban J connectivity index is 0.000000218. The molecule has 0 aromatic heterocycles. The molecule has 27 heavy (non-hydrogen) atoms. The number of phenols is 1. The van der Waals surface area contributed by atoms with Crippen molar-refractivity contribution in [3.63, 3.8) is 0 Å². The number of halogens is 2. The van der Waals surface area contributed by atoms with E-state index in [9.17, 15) is 0 Å². The van der Waals surface area contributed by atoms with Crippen molar-refractivity contribution in [2.75, 3.05) is 0 Å². The molecule has 3 aromatic rings. The van der Waals surface area contributed by atoms with E-state index in [4.69, 9.17) is 23.7 Å². The van der Waals surface area contributed by atoms with Crippen LogP contribution in [0, 0.1) is 6.07 Å². The second-order valence-corrected chi connectivity index (χ2v) is 8.69. The van der Waals surface area contributed by atoms with Crippen molar-refractivity contribution in [2.24, 2.45) is 0 Å². The summed E-state index contributed by atoms with van der Waals surface area (Å²) < 4.78 is 0. The van der Waals surface area contributed by atoms with E-state index >= 15 is 0 Å². The number of benzene rings is 3. The molecule has 4 heteroatoms. The minimum atomic E-state index is -0.556. The molecule has 138 valence electrons. The second-order valence-electron chi connectivity index (χ2n) is 6.11. The first kappa shape index (κ1) is 21.8. The van der Waals surface area contributed by atoms with Crippen molar-refractivity contribution >= 4 is 29.4 Å². The first-order chi connectivity index (χ1) is 13.1. The number of rotatable bonds is 1. The maximum atomic E-state index is 8.63. The fourth-order valence-electron chi connectivity index (χ4n) is 2.84. The van der Waals surface area contributed by atoms with Gasteiger partial charge in [0.2, 0.25) is 0 Å². The molecule has 1 aliphatic rings. The molecule has 0 amide bonds. The van der Waals surface area contributed by atoms with Crippen LogP contribution in [0.4, 0.5) is 0 Å². The minimum absolute atomic E-state index is 0.322. The van der Waals surface area contributed by atoms with Gasteiger partial charge in [-0.1, -0.05) is 53.6 Å². The summed E-state index contributed by atoms with van der Waals surface area (Å²) in [4.78, 5) is 0. The standard InChI is InChI=1S/C17H15.C6H6O.2ClH.Ti/c1-12-7-10-17(13(12)2)16-9-8-14-5-3-4-6-15(14)11-16;7-6-4-2-1-3-5-6;;;/h3-10,17H,1-2H3;1-5,7H;2*1H;/q-1;;;;+2/p-2. The molecule has 0 saturated heterocycles. The van der Waals surface area contributed by atoms with Crippen LogP contribution in [0.3, 0.4) is 0 Å². The van der Waals surface area contributed by atoms with Crippen molar-refractivity contribution < 1.29 is 22.1 Å². The predicted octanol–water partition coefficient (Wildman–Crippen LogP) is 7.40. The van der Waals surface area contributed by atoms with Crippen LogP contribution < -0.4 is 0 Å². The van der Waals surface area contributed by atoms with Crippen LogP contribution in [0.25, 0.3) is 10.8 Å². The molecule has 3 aromatic carbocycles. The third-order valence-electron chi connectivity index (χ3n) is 4.40. The van der Waals surface area contributed by atoms with Crippen LogP contribution >= 0.6 is 18.6 Å². The number of hydrogen-bond acceptors (Lipinski definition) is 1. The van der Waals surface area contributed by atoms with Gasteiger partial charge < -0.3 is 5.11 Å². The SMILES string of the molecule is CC1=C(C)C(c2[c-]c3ccccc3cc2)C=C1.Oc1ccccc1.[Cl][Ti][Cl].